The molecule has 1 fully saturated rings. The largest absolute Gasteiger partial charge is 0.493 e. The van der Waals surface area contributed by atoms with Gasteiger partial charge in [-0.25, -0.2) is 0 Å². The quantitative estimate of drug-likeness (QED) is 0.676. The molecular weight excluding hydrogens is 270 g/mol. The molecule has 1 aliphatic rings. The van der Waals surface area contributed by atoms with Gasteiger partial charge in [0.15, 0.2) is 0 Å². The minimum absolute atomic E-state index is 0.683. The van der Waals surface area contributed by atoms with Crippen molar-refractivity contribution in [2.45, 2.75) is 64.3 Å². The van der Waals surface area contributed by atoms with Crippen molar-refractivity contribution in [1.82, 2.24) is 4.90 Å². The molecule has 1 aliphatic carbocycles. The van der Waals surface area contributed by atoms with Crippen LogP contribution in [0.15, 0.2) is 24.3 Å². The second-order valence-corrected chi connectivity index (χ2v) is 7.02. The van der Waals surface area contributed by atoms with E-state index in [0.29, 0.717) is 6.04 Å². The zero-order chi connectivity index (χ0) is 15.8. The molecule has 2 rings (SSSR count). The monoisotopic (exact) mass is 303 g/mol. The van der Waals surface area contributed by atoms with Gasteiger partial charge in [-0.2, -0.15) is 0 Å². The number of rotatable bonds is 8. The Morgan fingerprint density at radius 1 is 1.09 bits per heavy atom. The van der Waals surface area contributed by atoms with Gasteiger partial charge in [0.2, 0.25) is 0 Å². The fourth-order valence-electron chi connectivity index (χ4n) is 3.48. The Labute approximate surface area is 136 Å². The maximum Gasteiger partial charge on any atom is 0.119 e. The molecule has 0 amide bonds. The second kappa shape index (κ2) is 9.19. The zero-order valence-corrected chi connectivity index (χ0v) is 14.7. The molecule has 0 spiro atoms. The van der Waals surface area contributed by atoms with Gasteiger partial charge in [0, 0.05) is 6.04 Å². The van der Waals surface area contributed by atoms with E-state index in [1.807, 2.05) is 0 Å². The molecule has 1 aromatic carbocycles. The lowest BCUT2D eigenvalue weighted by Crippen LogP contribution is -2.27. The standard InChI is InChI=1S/C20H33NO/c1-4-19(21(2)3)13-10-17-11-14-20(15-12-17)22-16-18-8-6-5-7-9-18/h11-12,14-15,18-19H,4-10,13,16H2,1-3H3. The molecule has 1 atom stereocenters. The van der Waals surface area contributed by atoms with E-state index in [9.17, 15) is 0 Å². The summed E-state index contributed by atoms with van der Waals surface area (Å²) in [6, 6.07) is 9.45. The minimum Gasteiger partial charge on any atom is -0.493 e. The lowest BCUT2D eigenvalue weighted by Gasteiger charge is -2.23. The van der Waals surface area contributed by atoms with Gasteiger partial charge < -0.3 is 9.64 Å². The highest BCUT2D eigenvalue weighted by Gasteiger charge is 2.14. The van der Waals surface area contributed by atoms with Crippen LogP contribution in [0.5, 0.6) is 5.75 Å². The molecule has 22 heavy (non-hydrogen) atoms. The fourth-order valence-corrected chi connectivity index (χ4v) is 3.48. The van der Waals surface area contributed by atoms with E-state index in [4.69, 9.17) is 4.74 Å². The summed E-state index contributed by atoms with van der Waals surface area (Å²) in [6.45, 7) is 3.17. The first-order valence-corrected chi connectivity index (χ1v) is 9.07. The van der Waals surface area contributed by atoms with Crippen LogP contribution in [0.1, 0.15) is 57.4 Å². The molecular formula is C20H33NO. The van der Waals surface area contributed by atoms with E-state index >= 15 is 0 Å². The predicted octanol–water partition coefficient (Wildman–Crippen LogP) is 4.92. The molecule has 0 aliphatic heterocycles. The Hall–Kier alpha value is -1.02. The molecule has 0 N–H and O–H groups in total. The molecule has 124 valence electrons. The van der Waals surface area contributed by atoms with E-state index in [2.05, 4.69) is 50.2 Å². The number of ether oxygens (including phenoxy) is 1. The molecule has 0 aromatic heterocycles. The number of nitrogens with zero attached hydrogens (tertiary/aromatic N) is 1. The van der Waals surface area contributed by atoms with Gasteiger partial charge in [-0.1, -0.05) is 38.3 Å². The van der Waals surface area contributed by atoms with Crippen molar-refractivity contribution in [2.24, 2.45) is 5.92 Å². The summed E-state index contributed by atoms with van der Waals surface area (Å²) >= 11 is 0. The number of hydrogen-bond acceptors (Lipinski definition) is 2. The molecule has 0 radical (unpaired) electrons. The third-order valence-corrected chi connectivity index (χ3v) is 5.10. The average molecular weight is 303 g/mol. The van der Waals surface area contributed by atoms with E-state index in [0.717, 1.165) is 24.7 Å². The fraction of sp³-hybridized carbons (Fsp3) is 0.700. The number of aryl methyl sites for hydroxylation is 1. The third kappa shape index (κ3) is 5.64. The van der Waals surface area contributed by atoms with Crippen molar-refractivity contribution in [2.75, 3.05) is 20.7 Å². The summed E-state index contributed by atoms with van der Waals surface area (Å²) in [5, 5.41) is 0. The van der Waals surface area contributed by atoms with Gasteiger partial charge in [-0.3, -0.25) is 0 Å². The summed E-state index contributed by atoms with van der Waals surface area (Å²) < 4.78 is 5.98. The molecule has 0 heterocycles. The lowest BCUT2D eigenvalue weighted by atomic mass is 9.90. The Morgan fingerprint density at radius 2 is 1.77 bits per heavy atom. The van der Waals surface area contributed by atoms with Gasteiger partial charge in [-0.05, 0) is 69.8 Å². The number of hydrogen-bond donors (Lipinski definition) is 0. The Balaban J connectivity index is 1.74. The van der Waals surface area contributed by atoms with Crippen LogP contribution in [-0.2, 0) is 6.42 Å². The van der Waals surface area contributed by atoms with E-state index < -0.39 is 0 Å². The normalized spacial score (nSPS) is 17.6. The maximum absolute atomic E-state index is 5.98. The van der Waals surface area contributed by atoms with Gasteiger partial charge in [0.05, 0.1) is 6.61 Å². The van der Waals surface area contributed by atoms with Crippen LogP contribution in [-0.4, -0.2) is 31.6 Å². The summed E-state index contributed by atoms with van der Waals surface area (Å²) in [7, 11) is 4.35. The first kappa shape index (κ1) is 17.3. The van der Waals surface area contributed by atoms with Crippen molar-refractivity contribution in [3.05, 3.63) is 29.8 Å². The summed E-state index contributed by atoms with van der Waals surface area (Å²) in [5.41, 5.74) is 1.42. The minimum atomic E-state index is 0.683. The van der Waals surface area contributed by atoms with Gasteiger partial charge in [0.1, 0.15) is 5.75 Å². The molecule has 0 saturated heterocycles. The first-order valence-electron chi connectivity index (χ1n) is 9.07. The van der Waals surface area contributed by atoms with Crippen molar-refractivity contribution in [1.29, 1.82) is 0 Å². The summed E-state index contributed by atoms with van der Waals surface area (Å²) in [4.78, 5) is 2.33. The van der Waals surface area contributed by atoms with Crippen molar-refractivity contribution in [3.8, 4) is 5.75 Å². The molecule has 2 heteroatoms. The van der Waals surface area contributed by atoms with Gasteiger partial charge >= 0.3 is 0 Å². The lowest BCUT2D eigenvalue weighted by molar-refractivity contribution is 0.209. The first-order chi connectivity index (χ1) is 10.7. The van der Waals surface area contributed by atoms with Gasteiger partial charge in [0.25, 0.3) is 0 Å². The Morgan fingerprint density at radius 3 is 2.36 bits per heavy atom. The molecule has 1 saturated carbocycles. The predicted molar refractivity (Wildman–Crippen MR) is 94.6 cm³/mol. The summed E-state index contributed by atoms with van der Waals surface area (Å²) in [6.07, 6.45) is 10.5. The molecule has 1 unspecified atom stereocenters. The van der Waals surface area contributed by atoms with Crippen molar-refractivity contribution >= 4 is 0 Å². The molecule has 2 nitrogen and oxygen atoms in total. The van der Waals surface area contributed by atoms with Crippen LogP contribution in [0.3, 0.4) is 0 Å². The third-order valence-electron chi connectivity index (χ3n) is 5.10. The summed E-state index contributed by atoms with van der Waals surface area (Å²) in [5.74, 6) is 1.81. The van der Waals surface area contributed by atoms with Crippen LogP contribution >= 0.6 is 0 Å². The van der Waals surface area contributed by atoms with Crippen LogP contribution in [0.4, 0.5) is 0 Å². The van der Waals surface area contributed by atoms with Crippen LogP contribution in [0, 0.1) is 5.92 Å². The number of benzene rings is 1. The molecule has 1 aromatic rings. The molecule has 0 bridgehead atoms. The Bertz CT molecular complexity index is 406. The smallest absolute Gasteiger partial charge is 0.119 e. The highest BCUT2D eigenvalue weighted by atomic mass is 16.5. The van der Waals surface area contributed by atoms with Crippen LogP contribution in [0.25, 0.3) is 0 Å². The van der Waals surface area contributed by atoms with Crippen LogP contribution in [0.2, 0.25) is 0 Å². The van der Waals surface area contributed by atoms with Gasteiger partial charge in [-0.15, -0.1) is 0 Å². The Kier molecular flexibility index (Phi) is 7.24. The highest BCUT2D eigenvalue weighted by Crippen LogP contribution is 2.25. The van der Waals surface area contributed by atoms with Crippen molar-refractivity contribution in [3.63, 3.8) is 0 Å². The van der Waals surface area contributed by atoms with Crippen molar-refractivity contribution < 1.29 is 4.74 Å². The topological polar surface area (TPSA) is 12.5 Å². The SMILES string of the molecule is CCC(CCc1ccc(OCC2CCCCC2)cc1)N(C)C. The zero-order valence-electron chi connectivity index (χ0n) is 14.7. The average Bonchev–Trinajstić information content (AvgIpc) is 2.55. The maximum atomic E-state index is 5.98. The second-order valence-electron chi connectivity index (χ2n) is 7.02. The van der Waals surface area contributed by atoms with Crippen LogP contribution < -0.4 is 4.74 Å². The van der Waals surface area contributed by atoms with E-state index in [-0.39, 0.29) is 0 Å². The van der Waals surface area contributed by atoms with E-state index in [1.165, 1.54) is 50.5 Å². The highest BCUT2D eigenvalue weighted by molar-refractivity contribution is 5.27. The van der Waals surface area contributed by atoms with E-state index in [1.54, 1.807) is 0 Å².